The zero-order valence-electron chi connectivity index (χ0n) is 8.75. The van der Waals surface area contributed by atoms with Crippen LogP contribution in [0.2, 0.25) is 0 Å². The average Bonchev–Trinajstić information content (AvgIpc) is 2.18. The number of alkyl halides is 3. The van der Waals surface area contributed by atoms with Crippen molar-refractivity contribution in [3.63, 3.8) is 0 Å². The van der Waals surface area contributed by atoms with E-state index in [1.807, 2.05) is 0 Å². The van der Waals surface area contributed by atoms with Crippen LogP contribution in [0.15, 0.2) is 18.2 Å². The third kappa shape index (κ3) is 3.86. The van der Waals surface area contributed by atoms with E-state index in [1.54, 1.807) is 6.92 Å². The Kier molecular flexibility index (Phi) is 3.82. The lowest BCUT2D eigenvalue weighted by Gasteiger charge is -2.12. The molecule has 0 spiro atoms. The highest BCUT2D eigenvalue weighted by molar-refractivity contribution is 5.91. The molecule has 7 heteroatoms. The molecule has 1 rings (SSSR count). The van der Waals surface area contributed by atoms with Crippen LogP contribution >= 0.6 is 0 Å². The summed E-state index contributed by atoms with van der Waals surface area (Å²) >= 11 is 0. The predicted molar refractivity (Wildman–Crippen MR) is 51.3 cm³/mol. The van der Waals surface area contributed by atoms with Gasteiger partial charge in [0.25, 0.3) is 0 Å². The summed E-state index contributed by atoms with van der Waals surface area (Å²) in [5.74, 6) is -2.13. The van der Waals surface area contributed by atoms with Gasteiger partial charge in [-0.2, -0.15) is 0 Å². The van der Waals surface area contributed by atoms with Crippen molar-refractivity contribution in [3.8, 4) is 11.5 Å². The maximum absolute atomic E-state index is 12.0. The molecule has 0 fully saturated rings. The van der Waals surface area contributed by atoms with Crippen molar-refractivity contribution >= 4 is 5.97 Å². The van der Waals surface area contributed by atoms with Gasteiger partial charge in [0.1, 0.15) is 17.1 Å². The van der Waals surface area contributed by atoms with Gasteiger partial charge in [-0.15, -0.1) is 13.2 Å². The summed E-state index contributed by atoms with van der Waals surface area (Å²) in [6.07, 6.45) is -4.93. The Bertz CT molecular complexity index is 415. The number of rotatable bonds is 4. The van der Waals surface area contributed by atoms with Crippen LogP contribution in [0.4, 0.5) is 13.2 Å². The van der Waals surface area contributed by atoms with Crippen LogP contribution in [0, 0.1) is 0 Å². The number of hydrogen-bond acceptors (Lipinski definition) is 3. The van der Waals surface area contributed by atoms with E-state index in [2.05, 4.69) is 4.74 Å². The fraction of sp³-hybridized carbons (Fsp3) is 0.300. The standard InChI is InChI=1S/C10H9F3O4/c1-2-16-6-3-4-8(17-10(11,12)13)7(5-6)9(14)15/h3-5H,2H2,1H3,(H,14,15). The van der Waals surface area contributed by atoms with Gasteiger partial charge in [-0.1, -0.05) is 0 Å². The van der Waals surface area contributed by atoms with E-state index in [0.29, 0.717) is 0 Å². The van der Waals surface area contributed by atoms with Gasteiger partial charge >= 0.3 is 12.3 Å². The lowest BCUT2D eigenvalue weighted by Crippen LogP contribution is -2.19. The van der Waals surface area contributed by atoms with E-state index in [9.17, 15) is 18.0 Å². The molecule has 0 saturated carbocycles. The molecule has 0 atom stereocenters. The number of aromatic carboxylic acids is 1. The molecule has 0 aromatic heterocycles. The molecule has 1 aromatic rings. The van der Waals surface area contributed by atoms with Crippen molar-refractivity contribution in [2.24, 2.45) is 0 Å². The Morgan fingerprint density at radius 1 is 1.41 bits per heavy atom. The van der Waals surface area contributed by atoms with Gasteiger partial charge < -0.3 is 14.6 Å². The number of halogens is 3. The van der Waals surface area contributed by atoms with E-state index in [4.69, 9.17) is 9.84 Å². The number of ether oxygens (including phenoxy) is 2. The Morgan fingerprint density at radius 2 is 2.06 bits per heavy atom. The maximum atomic E-state index is 12.0. The first-order chi connectivity index (χ1) is 7.83. The van der Waals surface area contributed by atoms with Crippen molar-refractivity contribution in [2.45, 2.75) is 13.3 Å². The molecular weight excluding hydrogens is 241 g/mol. The number of benzene rings is 1. The minimum atomic E-state index is -4.93. The molecule has 0 aliphatic heterocycles. The maximum Gasteiger partial charge on any atom is 0.573 e. The third-order valence-corrected chi connectivity index (χ3v) is 1.72. The minimum absolute atomic E-state index is 0.166. The van der Waals surface area contributed by atoms with Gasteiger partial charge in [0, 0.05) is 0 Å². The summed E-state index contributed by atoms with van der Waals surface area (Å²) in [4.78, 5) is 10.8. The summed E-state index contributed by atoms with van der Waals surface area (Å²) in [6.45, 7) is 1.94. The smallest absolute Gasteiger partial charge is 0.494 e. The highest BCUT2D eigenvalue weighted by Crippen LogP contribution is 2.29. The van der Waals surface area contributed by atoms with Crippen LogP contribution in [0.3, 0.4) is 0 Å². The van der Waals surface area contributed by atoms with Crippen LogP contribution in [-0.2, 0) is 0 Å². The molecule has 0 amide bonds. The third-order valence-electron chi connectivity index (χ3n) is 1.72. The fourth-order valence-electron chi connectivity index (χ4n) is 1.15. The topological polar surface area (TPSA) is 55.8 Å². The van der Waals surface area contributed by atoms with Gasteiger partial charge in [-0.3, -0.25) is 0 Å². The zero-order chi connectivity index (χ0) is 13.1. The van der Waals surface area contributed by atoms with Gasteiger partial charge in [-0.05, 0) is 25.1 Å². The van der Waals surface area contributed by atoms with E-state index in [0.717, 1.165) is 12.1 Å². The van der Waals surface area contributed by atoms with Crippen molar-refractivity contribution in [1.29, 1.82) is 0 Å². The van der Waals surface area contributed by atoms with Crippen molar-refractivity contribution in [3.05, 3.63) is 23.8 Å². The molecule has 94 valence electrons. The molecule has 0 unspecified atom stereocenters. The second-order valence-electron chi connectivity index (χ2n) is 2.94. The van der Waals surface area contributed by atoms with Gasteiger partial charge in [0.15, 0.2) is 0 Å². The Balaban J connectivity index is 3.09. The summed E-state index contributed by atoms with van der Waals surface area (Å²) in [5.41, 5.74) is -0.603. The summed E-state index contributed by atoms with van der Waals surface area (Å²) in [7, 11) is 0. The minimum Gasteiger partial charge on any atom is -0.494 e. The molecule has 1 aromatic carbocycles. The summed E-state index contributed by atoms with van der Waals surface area (Å²) < 4.78 is 44.5. The summed E-state index contributed by atoms with van der Waals surface area (Å²) in [6, 6.07) is 3.09. The Labute approximate surface area is 94.6 Å². The molecule has 0 aliphatic carbocycles. The van der Waals surface area contributed by atoms with Gasteiger partial charge in [-0.25, -0.2) is 4.79 Å². The SMILES string of the molecule is CCOc1ccc(OC(F)(F)F)c(C(=O)O)c1. The molecule has 0 radical (unpaired) electrons. The zero-order valence-corrected chi connectivity index (χ0v) is 8.75. The van der Waals surface area contributed by atoms with E-state index in [-0.39, 0.29) is 12.4 Å². The molecule has 17 heavy (non-hydrogen) atoms. The molecular formula is C10H9F3O4. The van der Waals surface area contributed by atoms with Crippen molar-refractivity contribution in [2.75, 3.05) is 6.61 Å². The second-order valence-corrected chi connectivity index (χ2v) is 2.94. The van der Waals surface area contributed by atoms with Crippen LogP contribution in [0.1, 0.15) is 17.3 Å². The van der Waals surface area contributed by atoms with Gasteiger partial charge in [0.05, 0.1) is 6.61 Å². The highest BCUT2D eigenvalue weighted by atomic mass is 19.4. The molecule has 0 aliphatic rings. The number of carbonyl (C=O) groups is 1. The largest absolute Gasteiger partial charge is 0.573 e. The van der Waals surface area contributed by atoms with E-state index >= 15 is 0 Å². The first-order valence-electron chi connectivity index (χ1n) is 4.59. The lowest BCUT2D eigenvalue weighted by atomic mass is 10.2. The van der Waals surface area contributed by atoms with Crippen LogP contribution in [0.5, 0.6) is 11.5 Å². The number of hydrogen-bond donors (Lipinski definition) is 1. The van der Waals surface area contributed by atoms with Crippen LogP contribution in [0.25, 0.3) is 0 Å². The predicted octanol–water partition coefficient (Wildman–Crippen LogP) is 2.68. The van der Waals surface area contributed by atoms with E-state index < -0.39 is 23.6 Å². The van der Waals surface area contributed by atoms with E-state index in [1.165, 1.54) is 6.07 Å². The van der Waals surface area contributed by atoms with Crippen molar-refractivity contribution in [1.82, 2.24) is 0 Å². The Hall–Kier alpha value is -1.92. The molecule has 0 heterocycles. The normalized spacial score (nSPS) is 11.1. The fourth-order valence-corrected chi connectivity index (χ4v) is 1.15. The monoisotopic (exact) mass is 250 g/mol. The molecule has 0 saturated heterocycles. The molecule has 4 nitrogen and oxygen atoms in total. The quantitative estimate of drug-likeness (QED) is 0.892. The summed E-state index contributed by atoms with van der Waals surface area (Å²) in [5, 5.41) is 8.75. The highest BCUT2D eigenvalue weighted by Gasteiger charge is 2.33. The second kappa shape index (κ2) is 4.94. The lowest BCUT2D eigenvalue weighted by molar-refractivity contribution is -0.274. The molecule has 1 N–H and O–H groups in total. The number of carboxylic acid groups (broad SMARTS) is 1. The number of carboxylic acids is 1. The first kappa shape index (κ1) is 13.1. The molecule has 0 bridgehead atoms. The van der Waals surface area contributed by atoms with Gasteiger partial charge in [0.2, 0.25) is 0 Å². The average molecular weight is 250 g/mol. The Morgan fingerprint density at radius 3 is 2.53 bits per heavy atom. The van der Waals surface area contributed by atoms with Crippen LogP contribution < -0.4 is 9.47 Å². The first-order valence-corrected chi connectivity index (χ1v) is 4.59. The van der Waals surface area contributed by atoms with Crippen molar-refractivity contribution < 1.29 is 32.5 Å². The van der Waals surface area contributed by atoms with Crippen LogP contribution in [-0.4, -0.2) is 24.0 Å².